The number of rotatable bonds is 5. The Morgan fingerprint density at radius 1 is 0.929 bits per heavy atom. The van der Waals surface area contributed by atoms with Gasteiger partial charge in [0.1, 0.15) is 10.4 Å². The van der Waals surface area contributed by atoms with Crippen molar-refractivity contribution in [2.24, 2.45) is 0 Å². The quantitative estimate of drug-likeness (QED) is 0.283. The fourth-order valence-corrected chi connectivity index (χ4v) is 3.55. The molecular weight excluding hydrogens is 384 g/mol. The Morgan fingerprint density at radius 3 is 2.32 bits per heavy atom. The summed E-state index contributed by atoms with van der Waals surface area (Å²) in [6, 6.07) is 18.0. The molecule has 0 saturated carbocycles. The monoisotopic (exact) mass is 396 g/mol. The zero-order valence-corrected chi connectivity index (χ0v) is 15.0. The van der Waals surface area contributed by atoms with Gasteiger partial charge in [-0.1, -0.05) is 24.3 Å². The van der Waals surface area contributed by atoms with Crippen LogP contribution in [0.5, 0.6) is 5.75 Å². The molecule has 0 radical (unpaired) electrons. The first-order valence-electron chi connectivity index (χ1n) is 8.08. The number of fused-ring (bicyclic) bond motifs is 1. The Morgan fingerprint density at radius 2 is 1.61 bits per heavy atom. The van der Waals surface area contributed by atoms with Crippen LogP contribution in [0.4, 0.5) is 5.69 Å². The van der Waals surface area contributed by atoms with E-state index in [-0.39, 0.29) is 22.2 Å². The van der Waals surface area contributed by atoms with Gasteiger partial charge in [-0.3, -0.25) is 10.1 Å². The average molecular weight is 396 g/mol. The van der Waals surface area contributed by atoms with Crippen molar-refractivity contribution in [2.75, 3.05) is 0 Å². The molecule has 8 nitrogen and oxygen atoms in total. The van der Waals surface area contributed by atoms with Crippen LogP contribution in [-0.2, 0) is 10.1 Å². The maximum atomic E-state index is 12.6. The van der Waals surface area contributed by atoms with Crippen LogP contribution in [0.3, 0.4) is 0 Å². The van der Waals surface area contributed by atoms with E-state index in [2.05, 4.69) is 4.98 Å². The van der Waals surface area contributed by atoms with E-state index in [9.17, 15) is 18.5 Å². The highest BCUT2D eigenvalue weighted by atomic mass is 32.2. The molecule has 4 aromatic rings. The second-order valence-electron chi connectivity index (χ2n) is 5.77. The van der Waals surface area contributed by atoms with Crippen LogP contribution in [0.1, 0.15) is 0 Å². The minimum atomic E-state index is -4.21. The SMILES string of the molecule is O=[N+]([O-])c1ccc(S(=O)(=O)Oc2ccccc2-c2nc3ccccc3o2)cc1. The predicted octanol–water partition coefficient (Wildman–Crippen LogP) is 4.17. The highest BCUT2D eigenvalue weighted by Crippen LogP contribution is 2.33. The van der Waals surface area contributed by atoms with Crippen molar-refractivity contribution in [3.8, 4) is 17.2 Å². The molecule has 9 heteroatoms. The van der Waals surface area contributed by atoms with Gasteiger partial charge >= 0.3 is 10.1 Å². The van der Waals surface area contributed by atoms with E-state index >= 15 is 0 Å². The van der Waals surface area contributed by atoms with Crippen LogP contribution in [0.25, 0.3) is 22.6 Å². The minimum absolute atomic E-state index is 0.0346. The fourth-order valence-electron chi connectivity index (χ4n) is 2.60. The van der Waals surface area contributed by atoms with E-state index in [0.29, 0.717) is 16.7 Å². The lowest BCUT2D eigenvalue weighted by atomic mass is 10.2. The number of hydrogen-bond donors (Lipinski definition) is 0. The lowest BCUT2D eigenvalue weighted by Gasteiger charge is -2.09. The van der Waals surface area contributed by atoms with Gasteiger partial charge in [0.25, 0.3) is 5.69 Å². The van der Waals surface area contributed by atoms with Crippen molar-refractivity contribution in [1.82, 2.24) is 4.98 Å². The van der Waals surface area contributed by atoms with Crippen LogP contribution < -0.4 is 4.18 Å². The fraction of sp³-hybridized carbons (Fsp3) is 0. The molecule has 1 aromatic heterocycles. The Kier molecular flexibility index (Phi) is 4.28. The Labute approximate surface area is 159 Å². The summed E-state index contributed by atoms with van der Waals surface area (Å²) in [7, 11) is -4.21. The molecule has 0 fully saturated rings. The van der Waals surface area contributed by atoms with Gasteiger partial charge < -0.3 is 8.60 Å². The van der Waals surface area contributed by atoms with Crippen LogP contribution in [0.15, 0.2) is 82.1 Å². The maximum Gasteiger partial charge on any atom is 0.339 e. The molecule has 0 N–H and O–H groups in total. The van der Waals surface area contributed by atoms with Crippen LogP contribution in [-0.4, -0.2) is 18.3 Å². The number of hydrogen-bond acceptors (Lipinski definition) is 7. The Hall–Kier alpha value is -3.72. The standard InChI is InChI=1S/C19H12N2O6S/c22-21(23)13-9-11-14(12-10-13)28(24,25)27-17-7-3-1-5-15(17)19-20-16-6-2-4-8-18(16)26-19/h1-12H. The predicted molar refractivity (Wildman–Crippen MR) is 100 cm³/mol. The molecule has 0 atom stereocenters. The molecule has 1 heterocycles. The van der Waals surface area contributed by atoms with Crippen molar-refractivity contribution in [1.29, 1.82) is 0 Å². The minimum Gasteiger partial charge on any atom is -0.436 e. The smallest absolute Gasteiger partial charge is 0.339 e. The molecule has 0 aliphatic heterocycles. The number of oxazole rings is 1. The molecule has 0 saturated heterocycles. The summed E-state index contributed by atoms with van der Waals surface area (Å²) >= 11 is 0. The van der Waals surface area contributed by atoms with Crippen molar-refractivity contribution in [3.05, 3.63) is 82.9 Å². The summed E-state index contributed by atoms with van der Waals surface area (Å²) in [6.45, 7) is 0. The zero-order chi connectivity index (χ0) is 19.7. The number of nitro benzene ring substituents is 1. The third kappa shape index (κ3) is 3.30. The number of nitrogens with zero attached hydrogens (tertiary/aromatic N) is 2. The van der Waals surface area contributed by atoms with E-state index in [0.717, 1.165) is 24.3 Å². The van der Waals surface area contributed by atoms with Gasteiger partial charge in [-0.25, -0.2) is 4.98 Å². The van der Waals surface area contributed by atoms with Gasteiger partial charge in [0.15, 0.2) is 11.3 Å². The molecule has 4 rings (SSSR count). The van der Waals surface area contributed by atoms with Gasteiger partial charge in [0, 0.05) is 12.1 Å². The third-order valence-corrected chi connectivity index (χ3v) is 5.20. The highest BCUT2D eigenvalue weighted by Gasteiger charge is 2.22. The van der Waals surface area contributed by atoms with E-state index in [1.165, 1.54) is 6.07 Å². The molecule has 0 aliphatic carbocycles. The topological polar surface area (TPSA) is 113 Å². The number of non-ortho nitro benzene ring substituents is 1. The van der Waals surface area contributed by atoms with Gasteiger partial charge in [0.2, 0.25) is 5.89 Å². The number of nitro groups is 1. The second-order valence-corrected chi connectivity index (χ2v) is 7.32. The molecular formula is C19H12N2O6S. The molecule has 0 amide bonds. The van der Waals surface area contributed by atoms with Crippen molar-refractivity contribution in [3.63, 3.8) is 0 Å². The zero-order valence-electron chi connectivity index (χ0n) is 14.2. The Bertz CT molecular complexity index is 1250. The molecule has 0 bridgehead atoms. The first kappa shape index (κ1) is 17.7. The highest BCUT2D eigenvalue weighted by molar-refractivity contribution is 7.87. The number of aromatic nitrogens is 1. The molecule has 0 spiro atoms. The molecule has 0 unspecified atom stereocenters. The molecule has 0 aliphatic rings. The van der Waals surface area contributed by atoms with Crippen molar-refractivity contribution >= 4 is 26.9 Å². The van der Waals surface area contributed by atoms with E-state index in [1.54, 1.807) is 36.4 Å². The van der Waals surface area contributed by atoms with Gasteiger partial charge in [-0.15, -0.1) is 0 Å². The van der Waals surface area contributed by atoms with Gasteiger partial charge in [-0.2, -0.15) is 8.42 Å². The summed E-state index contributed by atoms with van der Waals surface area (Å²) in [5, 5.41) is 10.7. The third-order valence-electron chi connectivity index (χ3n) is 3.95. The largest absolute Gasteiger partial charge is 0.436 e. The van der Waals surface area contributed by atoms with E-state index in [1.807, 2.05) is 6.07 Å². The van der Waals surface area contributed by atoms with Gasteiger partial charge in [-0.05, 0) is 36.4 Å². The second kappa shape index (κ2) is 6.78. The Balaban J connectivity index is 1.71. The number of para-hydroxylation sites is 3. The average Bonchev–Trinajstić information content (AvgIpc) is 3.12. The maximum absolute atomic E-state index is 12.6. The molecule has 140 valence electrons. The molecule has 28 heavy (non-hydrogen) atoms. The van der Waals surface area contributed by atoms with Crippen LogP contribution in [0, 0.1) is 10.1 Å². The summed E-state index contributed by atoms with van der Waals surface area (Å²) in [5.41, 5.74) is 1.34. The summed E-state index contributed by atoms with van der Waals surface area (Å²) in [6.07, 6.45) is 0. The first-order chi connectivity index (χ1) is 13.4. The summed E-state index contributed by atoms with van der Waals surface area (Å²) < 4.78 is 36.2. The first-order valence-corrected chi connectivity index (χ1v) is 9.49. The van der Waals surface area contributed by atoms with E-state index < -0.39 is 15.0 Å². The van der Waals surface area contributed by atoms with Gasteiger partial charge in [0.05, 0.1) is 10.5 Å². The summed E-state index contributed by atoms with van der Waals surface area (Å²) in [5.74, 6) is 0.253. The van der Waals surface area contributed by atoms with E-state index in [4.69, 9.17) is 8.60 Å². The molecule has 3 aromatic carbocycles. The normalized spacial score (nSPS) is 11.4. The summed E-state index contributed by atoms with van der Waals surface area (Å²) in [4.78, 5) is 14.3. The lowest BCUT2D eigenvalue weighted by Crippen LogP contribution is -2.10. The number of benzene rings is 3. The lowest BCUT2D eigenvalue weighted by molar-refractivity contribution is -0.384. The van der Waals surface area contributed by atoms with Crippen LogP contribution in [0.2, 0.25) is 0 Å². The van der Waals surface area contributed by atoms with Crippen molar-refractivity contribution in [2.45, 2.75) is 4.90 Å². The van der Waals surface area contributed by atoms with Crippen molar-refractivity contribution < 1.29 is 21.9 Å². The van der Waals surface area contributed by atoms with Crippen LogP contribution >= 0.6 is 0 Å².